The van der Waals surface area contributed by atoms with Crippen LogP contribution in [0.15, 0.2) is 0 Å². The van der Waals surface area contributed by atoms with E-state index < -0.39 is 17.4 Å². The lowest BCUT2D eigenvalue weighted by Gasteiger charge is -2.39. The number of hydrogen-bond acceptors (Lipinski definition) is 5. The number of hydrogen-bond donors (Lipinski definition) is 0. The fourth-order valence-corrected chi connectivity index (χ4v) is 10.2. The summed E-state index contributed by atoms with van der Waals surface area (Å²) >= 11 is 0. The first-order valence-electron chi connectivity index (χ1n) is 5.28. The molecule has 0 radical (unpaired) electrons. The summed E-state index contributed by atoms with van der Waals surface area (Å²) < 4.78 is 27.7. The predicted octanol–water partition coefficient (Wildman–Crippen LogP) is 1.55. The average molecular weight is 268 g/mol. The van der Waals surface area contributed by atoms with E-state index in [0.29, 0.717) is 0 Å². The van der Waals surface area contributed by atoms with E-state index >= 15 is 0 Å². The zero-order valence-electron chi connectivity index (χ0n) is 11.3. The molecule has 0 aliphatic heterocycles. The monoisotopic (exact) mass is 268 g/mol. The Morgan fingerprint density at radius 2 is 1.19 bits per heavy atom. The van der Waals surface area contributed by atoms with E-state index in [2.05, 4.69) is 6.92 Å². The minimum absolute atomic E-state index is 0.0139. The third-order valence-corrected chi connectivity index (χ3v) is 12.1. The fraction of sp³-hybridized carbons (Fsp3) is 1.00. The zero-order valence-corrected chi connectivity index (χ0v) is 13.3. The van der Waals surface area contributed by atoms with E-state index in [0.717, 1.165) is 6.04 Å². The van der Waals surface area contributed by atoms with Gasteiger partial charge in [-0.15, -0.1) is 0 Å². The van der Waals surface area contributed by atoms with Gasteiger partial charge in [-0.05, 0) is 6.04 Å². The first-order valence-corrected chi connectivity index (χ1v) is 9.18. The first-order chi connectivity index (χ1) is 7.52. The lowest BCUT2D eigenvalue weighted by Crippen LogP contribution is -2.59. The lowest BCUT2D eigenvalue weighted by atomic mass is 10.9. The molecule has 5 nitrogen and oxygen atoms in total. The van der Waals surface area contributed by atoms with Crippen molar-refractivity contribution in [3.8, 4) is 0 Å². The molecule has 1 atom stereocenters. The summed E-state index contributed by atoms with van der Waals surface area (Å²) in [6, 6.07) is 0.825. The predicted molar refractivity (Wildman–Crippen MR) is 66.5 cm³/mol. The van der Waals surface area contributed by atoms with Crippen LogP contribution in [0.3, 0.4) is 0 Å². The molecule has 0 aromatic rings. The van der Waals surface area contributed by atoms with Crippen LogP contribution in [0, 0.1) is 0 Å². The van der Waals surface area contributed by atoms with Crippen molar-refractivity contribution in [2.24, 2.45) is 0 Å². The zero-order chi connectivity index (χ0) is 12.8. The first kappa shape index (κ1) is 16.2. The molecule has 0 heterocycles. The topological polar surface area (TPSA) is 46.2 Å². The third kappa shape index (κ3) is 2.73. The van der Waals surface area contributed by atoms with Crippen LogP contribution in [0.2, 0.25) is 11.2 Å². The SMILES string of the molecule is CC[Si](OC)(OC)C(C)[Si](OC)(OC)OC. The summed E-state index contributed by atoms with van der Waals surface area (Å²) in [5, 5.41) is 0.0139. The Bertz CT molecular complexity index is 158. The molecule has 0 saturated heterocycles. The van der Waals surface area contributed by atoms with Crippen LogP contribution in [-0.4, -0.2) is 52.9 Å². The van der Waals surface area contributed by atoms with Gasteiger partial charge < -0.3 is 22.1 Å². The maximum Gasteiger partial charge on any atom is 0.505 e. The molecule has 1 unspecified atom stereocenters. The summed E-state index contributed by atoms with van der Waals surface area (Å²) in [6.45, 7) is 4.07. The molecule has 0 N–H and O–H groups in total. The summed E-state index contributed by atoms with van der Waals surface area (Å²) in [6.07, 6.45) is 0. The van der Waals surface area contributed by atoms with Gasteiger partial charge in [-0.2, -0.15) is 0 Å². The molecule has 16 heavy (non-hydrogen) atoms. The maximum atomic E-state index is 5.62. The second-order valence-corrected chi connectivity index (χ2v) is 11.4. The van der Waals surface area contributed by atoms with E-state index in [1.165, 1.54) is 0 Å². The molecule has 7 heteroatoms. The molecule has 0 aromatic carbocycles. The van der Waals surface area contributed by atoms with E-state index in [1.807, 2.05) is 6.92 Å². The fourth-order valence-electron chi connectivity index (χ4n) is 2.08. The summed E-state index contributed by atoms with van der Waals surface area (Å²) in [5.74, 6) is 0. The van der Waals surface area contributed by atoms with Gasteiger partial charge in [0, 0.05) is 35.5 Å². The Morgan fingerprint density at radius 3 is 1.38 bits per heavy atom. The summed E-state index contributed by atoms with van der Waals surface area (Å²) in [7, 11) is 3.13. The van der Waals surface area contributed by atoms with Gasteiger partial charge in [0.25, 0.3) is 0 Å². The van der Waals surface area contributed by atoms with E-state index in [9.17, 15) is 0 Å². The Morgan fingerprint density at radius 1 is 0.812 bits per heavy atom. The highest BCUT2D eigenvalue weighted by Crippen LogP contribution is 2.36. The summed E-state index contributed by atoms with van der Waals surface area (Å²) in [5.41, 5.74) is 0. The third-order valence-electron chi connectivity index (χ3n) is 3.23. The van der Waals surface area contributed by atoms with Gasteiger partial charge in [-0.25, -0.2) is 0 Å². The van der Waals surface area contributed by atoms with Gasteiger partial charge in [0.15, 0.2) is 0 Å². The second kappa shape index (κ2) is 6.85. The molecular formula is C9H24O5Si2. The standard InChI is InChI=1S/C9H24O5Si2/c1-8-15(10-3,11-4)9(2)16(12-5,13-6)14-7/h9H,8H2,1-7H3. The van der Waals surface area contributed by atoms with Gasteiger partial charge in [-0.1, -0.05) is 13.8 Å². The van der Waals surface area contributed by atoms with Crippen molar-refractivity contribution in [3.05, 3.63) is 0 Å². The normalized spacial score (nSPS) is 15.2. The maximum absolute atomic E-state index is 5.62. The van der Waals surface area contributed by atoms with Gasteiger partial charge >= 0.3 is 17.4 Å². The number of rotatable bonds is 8. The molecule has 0 amide bonds. The Kier molecular flexibility index (Phi) is 6.95. The molecule has 0 aromatic heterocycles. The van der Waals surface area contributed by atoms with Crippen LogP contribution in [-0.2, 0) is 22.1 Å². The smallest absolute Gasteiger partial charge is 0.397 e. The van der Waals surface area contributed by atoms with Crippen LogP contribution >= 0.6 is 0 Å². The quantitative estimate of drug-likeness (QED) is 0.625. The van der Waals surface area contributed by atoms with Gasteiger partial charge in [-0.3, -0.25) is 0 Å². The van der Waals surface area contributed by atoms with Crippen molar-refractivity contribution < 1.29 is 22.1 Å². The van der Waals surface area contributed by atoms with Crippen molar-refractivity contribution in [2.75, 3.05) is 35.5 Å². The van der Waals surface area contributed by atoms with Crippen LogP contribution in [0.1, 0.15) is 13.8 Å². The molecule has 0 bridgehead atoms. The van der Waals surface area contributed by atoms with Crippen molar-refractivity contribution in [2.45, 2.75) is 25.1 Å². The van der Waals surface area contributed by atoms with Crippen LogP contribution < -0.4 is 0 Å². The van der Waals surface area contributed by atoms with Crippen molar-refractivity contribution >= 4 is 17.4 Å². The van der Waals surface area contributed by atoms with Gasteiger partial charge in [0.05, 0.1) is 5.16 Å². The second-order valence-electron chi connectivity index (χ2n) is 3.51. The minimum atomic E-state index is -2.71. The van der Waals surface area contributed by atoms with Crippen molar-refractivity contribution in [1.29, 1.82) is 0 Å². The largest absolute Gasteiger partial charge is 0.505 e. The highest BCUT2D eigenvalue weighted by atomic mass is 28.4. The molecular weight excluding hydrogens is 244 g/mol. The molecule has 0 rings (SSSR count). The van der Waals surface area contributed by atoms with Crippen LogP contribution in [0.5, 0.6) is 0 Å². The highest BCUT2D eigenvalue weighted by molar-refractivity contribution is 6.85. The molecule has 0 spiro atoms. The molecule has 0 aliphatic rings. The Balaban J connectivity index is 5.16. The van der Waals surface area contributed by atoms with Gasteiger partial charge in [0.1, 0.15) is 0 Å². The molecule has 0 aliphatic carbocycles. The van der Waals surface area contributed by atoms with E-state index in [1.54, 1.807) is 35.5 Å². The van der Waals surface area contributed by atoms with Crippen LogP contribution in [0.25, 0.3) is 0 Å². The Hall–Kier alpha value is 0.234. The van der Waals surface area contributed by atoms with E-state index in [4.69, 9.17) is 22.1 Å². The van der Waals surface area contributed by atoms with E-state index in [-0.39, 0.29) is 5.16 Å². The average Bonchev–Trinajstić information content (AvgIpc) is 2.35. The van der Waals surface area contributed by atoms with Crippen molar-refractivity contribution in [1.82, 2.24) is 0 Å². The minimum Gasteiger partial charge on any atom is -0.397 e. The van der Waals surface area contributed by atoms with Gasteiger partial charge in [0.2, 0.25) is 0 Å². The summed E-state index contributed by atoms with van der Waals surface area (Å²) in [4.78, 5) is 0. The lowest BCUT2D eigenvalue weighted by molar-refractivity contribution is 0.111. The molecule has 0 saturated carbocycles. The van der Waals surface area contributed by atoms with Crippen LogP contribution in [0.4, 0.5) is 0 Å². The Labute approximate surface area is 101 Å². The molecule has 0 fully saturated rings. The molecule has 98 valence electrons. The van der Waals surface area contributed by atoms with Crippen molar-refractivity contribution in [3.63, 3.8) is 0 Å². The highest BCUT2D eigenvalue weighted by Gasteiger charge is 2.58.